The summed E-state index contributed by atoms with van der Waals surface area (Å²) in [6.45, 7) is 0.358. The number of aromatic hydroxyl groups is 1. The van der Waals surface area contributed by atoms with E-state index in [2.05, 4.69) is 15.6 Å². The molecule has 1 aliphatic rings. The number of ether oxygens (including phenoxy) is 1. The van der Waals surface area contributed by atoms with E-state index in [1.807, 2.05) is 18.2 Å². The first-order valence-corrected chi connectivity index (χ1v) is 6.18. The molecule has 3 rings (SSSR count). The molecular weight excluding hydrogens is 258 g/mol. The van der Waals surface area contributed by atoms with Gasteiger partial charge in [0.15, 0.2) is 17.7 Å². The number of hydrogen-bond acceptors (Lipinski definition) is 5. The molecule has 1 aliphatic heterocycles. The zero-order valence-corrected chi connectivity index (χ0v) is 10.5. The van der Waals surface area contributed by atoms with Crippen molar-refractivity contribution in [1.29, 1.82) is 0 Å². The number of fused-ring (bicyclic) bond motifs is 1. The van der Waals surface area contributed by atoms with Gasteiger partial charge in [-0.3, -0.25) is 4.79 Å². The quantitative estimate of drug-likeness (QED) is 0.772. The first kappa shape index (κ1) is 12.3. The zero-order valence-electron chi connectivity index (χ0n) is 10.5. The third-order valence-electron chi connectivity index (χ3n) is 2.95. The highest BCUT2D eigenvalue weighted by atomic mass is 16.5. The van der Waals surface area contributed by atoms with Crippen LogP contribution in [0.2, 0.25) is 0 Å². The van der Waals surface area contributed by atoms with Crippen LogP contribution in [0.3, 0.4) is 0 Å². The third kappa shape index (κ3) is 2.35. The SMILES string of the molecule is O=C(Nc1ncccc1O)C1CNc2ccccc2O1. The highest BCUT2D eigenvalue weighted by Gasteiger charge is 2.26. The van der Waals surface area contributed by atoms with Gasteiger partial charge in [-0.15, -0.1) is 0 Å². The molecule has 1 atom stereocenters. The topological polar surface area (TPSA) is 83.5 Å². The van der Waals surface area contributed by atoms with Crippen LogP contribution in [0.25, 0.3) is 0 Å². The van der Waals surface area contributed by atoms with Gasteiger partial charge in [0.05, 0.1) is 12.2 Å². The fraction of sp³-hybridized carbons (Fsp3) is 0.143. The molecule has 6 heteroatoms. The Morgan fingerprint density at radius 1 is 1.35 bits per heavy atom. The lowest BCUT2D eigenvalue weighted by Gasteiger charge is -2.26. The van der Waals surface area contributed by atoms with Crippen LogP contribution in [0.1, 0.15) is 0 Å². The largest absolute Gasteiger partial charge is 0.504 e. The van der Waals surface area contributed by atoms with Crippen LogP contribution in [-0.2, 0) is 4.79 Å². The summed E-state index contributed by atoms with van der Waals surface area (Å²) in [6.07, 6.45) is 0.816. The van der Waals surface area contributed by atoms with E-state index in [9.17, 15) is 9.90 Å². The van der Waals surface area contributed by atoms with Gasteiger partial charge in [-0.1, -0.05) is 12.1 Å². The van der Waals surface area contributed by atoms with Gasteiger partial charge in [-0.25, -0.2) is 4.98 Å². The maximum absolute atomic E-state index is 12.1. The molecule has 1 aromatic carbocycles. The second-order valence-corrected chi connectivity index (χ2v) is 4.34. The van der Waals surface area contributed by atoms with Crippen molar-refractivity contribution in [3.8, 4) is 11.5 Å². The van der Waals surface area contributed by atoms with Crippen LogP contribution in [-0.4, -0.2) is 28.6 Å². The molecule has 0 radical (unpaired) electrons. The second kappa shape index (κ2) is 5.08. The van der Waals surface area contributed by atoms with Crippen LogP contribution >= 0.6 is 0 Å². The average molecular weight is 271 g/mol. The first-order chi connectivity index (χ1) is 9.74. The molecule has 0 saturated heterocycles. The van der Waals surface area contributed by atoms with E-state index in [-0.39, 0.29) is 17.5 Å². The summed E-state index contributed by atoms with van der Waals surface area (Å²) in [7, 11) is 0. The van der Waals surface area contributed by atoms with Crippen LogP contribution < -0.4 is 15.4 Å². The number of para-hydroxylation sites is 2. The number of pyridine rings is 1. The summed E-state index contributed by atoms with van der Waals surface area (Å²) in [5, 5.41) is 15.3. The summed E-state index contributed by atoms with van der Waals surface area (Å²) in [5.74, 6) is 0.315. The van der Waals surface area contributed by atoms with Crippen LogP contribution in [0.5, 0.6) is 11.5 Å². The molecule has 1 unspecified atom stereocenters. The van der Waals surface area contributed by atoms with Crippen molar-refractivity contribution in [2.45, 2.75) is 6.10 Å². The zero-order chi connectivity index (χ0) is 13.9. The monoisotopic (exact) mass is 271 g/mol. The molecule has 6 nitrogen and oxygen atoms in total. The molecule has 0 saturated carbocycles. The normalized spacial score (nSPS) is 16.5. The predicted octanol–water partition coefficient (Wildman–Crippen LogP) is 1.60. The lowest BCUT2D eigenvalue weighted by atomic mass is 10.2. The van der Waals surface area contributed by atoms with Gasteiger partial charge < -0.3 is 20.5 Å². The predicted molar refractivity (Wildman–Crippen MR) is 73.9 cm³/mol. The molecule has 1 amide bonds. The summed E-state index contributed by atoms with van der Waals surface area (Å²) >= 11 is 0. The minimum absolute atomic E-state index is 0.0787. The van der Waals surface area contributed by atoms with Gasteiger partial charge in [-0.05, 0) is 24.3 Å². The van der Waals surface area contributed by atoms with Gasteiger partial charge in [0.1, 0.15) is 5.75 Å². The molecular formula is C14H13N3O3. The number of carbonyl (C=O) groups is 1. The molecule has 3 N–H and O–H groups in total. The van der Waals surface area contributed by atoms with Crippen molar-refractivity contribution >= 4 is 17.4 Å². The van der Waals surface area contributed by atoms with E-state index >= 15 is 0 Å². The van der Waals surface area contributed by atoms with Crippen LogP contribution in [0.15, 0.2) is 42.6 Å². The van der Waals surface area contributed by atoms with Crippen molar-refractivity contribution in [3.05, 3.63) is 42.6 Å². The summed E-state index contributed by atoms with van der Waals surface area (Å²) in [5.41, 5.74) is 0.859. The highest BCUT2D eigenvalue weighted by Crippen LogP contribution is 2.28. The molecule has 20 heavy (non-hydrogen) atoms. The fourth-order valence-corrected chi connectivity index (χ4v) is 1.95. The summed E-state index contributed by atoms with van der Waals surface area (Å²) in [6, 6.07) is 10.4. The molecule has 102 valence electrons. The van der Waals surface area contributed by atoms with Gasteiger partial charge in [0, 0.05) is 6.20 Å². The molecule has 0 aliphatic carbocycles. The Balaban J connectivity index is 1.72. The average Bonchev–Trinajstić information content (AvgIpc) is 2.49. The molecule has 0 bridgehead atoms. The van der Waals surface area contributed by atoms with E-state index < -0.39 is 6.10 Å². The Hall–Kier alpha value is -2.76. The number of aromatic nitrogens is 1. The van der Waals surface area contributed by atoms with Gasteiger partial charge in [0.25, 0.3) is 5.91 Å². The van der Waals surface area contributed by atoms with E-state index in [0.29, 0.717) is 12.3 Å². The lowest BCUT2D eigenvalue weighted by Crippen LogP contribution is -2.41. The maximum atomic E-state index is 12.1. The van der Waals surface area contributed by atoms with Crippen molar-refractivity contribution in [2.75, 3.05) is 17.2 Å². The summed E-state index contributed by atoms with van der Waals surface area (Å²) < 4.78 is 5.62. The Morgan fingerprint density at radius 2 is 2.20 bits per heavy atom. The Morgan fingerprint density at radius 3 is 3.05 bits per heavy atom. The van der Waals surface area contributed by atoms with E-state index in [1.54, 1.807) is 12.1 Å². The number of nitrogens with zero attached hydrogens (tertiary/aromatic N) is 1. The molecule has 2 aromatic rings. The lowest BCUT2D eigenvalue weighted by molar-refractivity contribution is -0.122. The molecule has 0 spiro atoms. The molecule has 2 heterocycles. The van der Waals surface area contributed by atoms with Crippen molar-refractivity contribution in [1.82, 2.24) is 4.98 Å². The summed E-state index contributed by atoms with van der Waals surface area (Å²) in [4.78, 5) is 16.0. The van der Waals surface area contributed by atoms with Crippen LogP contribution in [0.4, 0.5) is 11.5 Å². The fourth-order valence-electron chi connectivity index (χ4n) is 1.95. The number of benzene rings is 1. The minimum Gasteiger partial charge on any atom is -0.504 e. The Bertz CT molecular complexity index is 645. The number of rotatable bonds is 2. The smallest absolute Gasteiger partial charge is 0.268 e. The Labute approximate surface area is 115 Å². The molecule has 0 fully saturated rings. The number of hydrogen-bond donors (Lipinski definition) is 3. The van der Waals surface area contributed by atoms with Gasteiger partial charge in [0.2, 0.25) is 0 Å². The van der Waals surface area contributed by atoms with E-state index in [4.69, 9.17) is 4.74 Å². The Kier molecular flexibility index (Phi) is 3.12. The number of nitrogens with one attached hydrogen (secondary N) is 2. The van der Waals surface area contributed by atoms with Gasteiger partial charge in [-0.2, -0.15) is 0 Å². The van der Waals surface area contributed by atoms with Crippen molar-refractivity contribution in [2.24, 2.45) is 0 Å². The van der Waals surface area contributed by atoms with Crippen molar-refractivity contribution < 1.29 is 14.6 Å². The minimum atomic E-state index is -0.675. The second-order valence-electron chi connectivity index (χ2n) is 4.34. The van der Waals surface area contributed by atoms with E-state index in [1.165, 1.54) is 12.3 Å². The van der Waals surface area contributed by atoms with Crippen LogP contribution in [0, 0.1) is 0 Å². The number of amides is 1. The van der Waals surface area contributed by atoms with E-state index in [0.717, 1.165) is 5.69 Å². The standard InChI is InChI=1S/C14H13N3O3/c18-10-5-3-7-15-13(10)17-14(19)12-8-16-9-4-1-2-6-11(9)20-12/h1-7,12,16,18H,8H2,(H,15,17,19). The third-order valence-corrected chi connectivity index (χ3v) is 2.95. The molecule has 1 aromatic heterocycles. The first-order valence-electron chi connectivity index (χ1n) is 6.18. The van der Waals surface area contributed by atoms with Crippen molar-refractivity contribution in [3.63, 3.8) is 0 Å². The van der Waals surface area contributed by atoms with Gasteiger partial charge >= 0.3 is 0 Å². The maximum Gasteiger partial charge on any atom is 0.268 e. The highest BCUT2D eigenvalue weighted by molar-refractivity contribution is 5.95. The number of anilines is 2. The number of carbonyl (C=O) groups excluding carboxylic acids is 1.